The molecular weight excluding hydrogens is 264 g/mol. The number of nitrogens with two attached hydrogens (primary N) is 1. The number of anilines is 1. The normalized spacial score (nSPS) is 11.8. The number of nitrogen functional groups attached to an aromatic ring is 1. The topological polar surface area (TPSA) is 120 Å². The molecule has 0 aliphatic carbocycles. The van der Waals surface area contributed by atoms with Gasteiger partial charge in [-0.15, -0.1) is 0 Å². The van der Waals surface area contributed by atoms with Gasteiger partial charge in [-0.2, -0.15) is 0 Å². The fourth-order valence-electron chi connectivity index (χ4n) is 1.74. The third kappa shape index (κ3) is 3.90. The van der Waals surface area contributed by atoms with Gasteiger partial charge in [0.1, 0.15) is 5.69 Å². The van der Waals surface area contributed by atoms with Gasteiger partial charge in [-0.1, -0.05) is 13.0 Å². The maximum absolute atomic E-state index is 12.0. The highest BCUT2D eigenvalue weighted by Crippen LogP contribution is 2.27. The molecule has 0 aliphatic heterocycles. The van der Waals surface area contributed by atoms with Gasteiger partial charge in [-0.25, -0.2) is 0 Å². The van der Waals surface area contributed by atoms with E-state index in [1.54, 1.807) is 7.11 Å². The Morgan fingerprint density at radius 2 is 2.25 bits per heavy atom. The van der Waals surface area contributed by atoms with Crippen molar-refractivity contribution >= 4 is 17.3 Å². The Hall–Kier alpha value is -2.19. The van der Waals surface area contributed by atoms with Crippen molar-refractivity contribution in [3.05, 3.63) is 33.9 Å². The number of methoxy groups -OCH3 is 1. The van der Waals surface area contributed by atoms with E-state index in [1.807, 2.05) is 6.92 Å². The molecule has 4 N–H and O–H groups in total. The molecule has 1 unspecified atom stereocenters. The van der Waals surface area contributed by atoms with Crippen LogP contribution < -0.4 is 16.6 Å². The lowest BCUT2D eigenvalue weighted by molar-refractivity contribution is -0.384. The minimum absolute atomic E-state index is 0.00519. The lowest BCUT2D eigenvalue weighted by Gasteiger charge is -2.13. The standard InChI is InChI=1S/C12H18N4O4/c1-8(7-20-2)6-14-12(17)9-4-3-5-10(16(18)19)11(9)15-13/h3-5,8,15H,6-7,13H2,1-2H3,(H,14,17). The molecule has 0 heterocycles. The Bertz CT molecular complexity index is 492. The van der Waals surface area contributed by atoms with Crippen LogP contribution in [0.1, 0.15) is 17.3 Å². The molecule has 8 heteroatoms. The molecule has 0 saturated heterocycles. The number of hydrazine groups is 1. The molecule has 0 radical (unpaired) electrons. The van der Waals surface area contributed by atoms with Crippen LogP contribution in [0.15, 0.2) is 18.2 Å². The molecule has 1 amide bonds. The van der Waals surface area contributed by atoms with Gasteiger partial charge >= 0.3 is 0 Å². The highest BCUT2D eigenvalue weighted by Gasteiger charge is 2.20. The zero-order chi connectivity index (χ0) is 15.1. The fraction of sp³-hybridized carbons (Fsp3) is 0.417. The van der Waals surface area contributed by atoms with Crippen molar-refractivity contribution in [2.24, 2.45) is 11.8 Å². The first-order valence-electron chi connectivity index (χ1n) is 6.02. The van der Waals surface area contributed by atoms with Crippen molar-refractivity contribution in [3.63, 3.8) is 0 Å². The second-order valence-electron chi connectivity index (χ2n) is 4.37. The summed E-state index contributed by atoms with van der Waals surface area (Å²) in [5.41, 5.74) is 2.09. The van der Waals surface area contributed by atoms with Crippen LogP contribution in [0.4, 0.5) is 11.4 Å². The van der Waals surface area contributed by atoms with Gasteiger partial charge in [-0.3, -0.25) is 20.8 Å². The average Bonchev–Trinajstić information content (AvgIpc) is 2.44. The smallest absolute Gasteiger partial charge is 0.294 e. The number of carbonyl (C=O) groups excluding carboxylic acids is 1. The summed E-state index contributed by atoms with van der Waals surface area (Å²) in [5, 5.41) is 13.6. The summed E-state index contributed by atoms with van der Waals surface area (Å²) >= 11 is 0. The summed E-state index contributed by atoms with van der Waals surface area (Å²) in [6.07, 6.45) is 0. The Balaban J connectivity index is 2.87. The molecule has 8 nitrogen and oxygen atoms in total. The number of carbonyl (C=O) groups is 1. The van der Waals surface area contributed by atoms with Crippen LogP contribution in [-0.2, 0) is 4.74 Å². The Labute approximate surface area is 116 Å². The molecule has 0 aliphatic rings. The van der Waals surface area contributed by atoms with Crippen LogP contribution in [0.25, 0.3) is 0 Å². The number of ether oxygens (including phenoxy) is 1. The van der Waals surface area contributed by atoms with E-state index in [1.165, 1.54) is 18.2 Å². The number of rotatable bonds is 7. The molecule has 0 saturated carbocycles. The number of benzene rings is 1. The molecule has 1 rings (SSSR count). The highest BCUT2D eigenvalue weighted by atomic mass is 16.6. The van der Waals surface area contributed by atoms with E-state index in [4.69, 9.17) is 10.6 Å². The lowest BCUT2D eigenvalue weighted by Crippen LogP contribution is -2.31. The van der Waals surface area contributed by atoms with Crippen LogP contribution in [0.3, 0.4) is 0 Å². The van der Waals surface area contributed by atoms with Crippen LogP contribution in [0.5, 0.6) is 0 Å². The molecule has 0 aromatic heterocycles. The predicted octanol–water partition coefficient (Wildman–Crippen LogP) is 0.893. The Kier molecular flexibility index (Phi) is 5.88. The molecular formula is C12H18N4O4. The number of nitro groups is 1. The van der Waals surface area contributed by atoms with Crippen LogP contribution in [0, 0.1) is 16.0 Å². The lowest BCUT2D eigenvalue weighted by atomic mass is 10.1. The second kappa shape index (κ2) is 7.41. The van der Waals surface area contributed by atoms with Gasteiger partial charge < -0.3 is 15.5 Å². The van der Waals surface area contributed by atoms with Crippen molar-refractivity contribution in [2.75, 3.05) is 25.7 Å². The van der Waals surface area contributed by atoms with Crippen LogP contribution in [0.2, 0.25) is 0 Å². The number of nitrogens with zero attached hydrogens (tertiary/aromatic N) is 1. The number of para-hydroxylation sites is 1. The van der Waals surface area contributed by atoms with Crippen molar-refractivity contribution in [1.29, 1.82) is 0 Å². The highest BCUT2D eigenvalue weighted by molar-refractivity contribution is 6.01. The van der Waals surface area contributed by atoms with Crippen LogP contribution in [-0.4, -0.2) is 31.1 Å². The van der Waals surface area contributed by atoms with Gasteiger partial charge in [0.25, 0.3) is 11.6 Å². The second-order valence-corrected chi connectivity index (χ2v) is 4.37. The molecule has 1 aromatic rings. The third-order valence-electron chi connectivity index (χ3n) is 2.69. The number of hydrogen-bond donors (Lipinski definition) is 3. The maximum Gasteiger partial charge on any atom is 0.294 e. The van der Waals surface area contributed by atoms with Crippen molar-refractivity contribution in [2.45, 2.75) is 6.92 Å². The monoisotopic (exact) mass is 282 g/mol. The molecule has 1 atom stereocenters. The maximum atomic E-state index is 12.0. The first kappa shape index (κ1) is 15.9. The summed E-state index contributed by atoms with van der Waals surface area (Å²) in [4.78, 5) is 22.3. The molecule has 20 heavy (non-hydrogen) atoms. The van der Waals surface area contributed by atoms with E-state index in [-0.39, 0.29) is 22.9 Å². The molecule has 110 valence electrons. The van der Waals surface area contributed by atoms with Gasteiger partial charge in [0, 0.05) is 19.7 Å². The van der Waals surface area contributed by atoms with Gasteiger partial charge in [-0.05, 0) is 12.0 Å². The Morgan fingerprint density at radius 1 is 1.55 bits per heavy atom. The van der Waals surface area contributed by atoms with Gasteiger partial charge in [0.2, 0.25) is 0 Å². The van der Waals surface area contributed by atoms with E-state index in [2.05, 4.69) is 10.7 Å². The summed E-state index contributed by atoms with van der Waals surface area (Å²) in [6.45, 7) is 2.83. The van der Waals surface area contributed by atoms with Gasteiger partial charge in [0.15, 0.2) is 0 Å². The van der Waals surface area contributed by atoms with E-state index >= 15 is 0 Å². The van der Waals surface area contributed by atoms with E-state index in [0.717, 1.165) is 0 Å². The predicted molar refractivity (Wildman–Crippen MR) is 74.3 cm³/mol. The van der Waals surface area contributed by atoms with E-state index < -0.39 is 10.8 Å². The fourth-order valence-corrected chi connectivity index (χ4v) is 1.74. The van der Waals surface area contributed by atoms with Crippen molar-refractivity contribution < 1.29 is 14.5 Å². The molecule has 1 aromatic carbocycles. The third-order valence-corrected chi connectivity index (χ3v) is 2.69. The zero-order valence-corrected chi connectivity index (χ0v) is 11.4. The van der Waals surface area contributed by atoms with Crippen LogP contribution >= 0.6 is 0 Å². The quantitative estimate of drug-likeness (QED) is 0.388. The first-order valence-corrected chi connectivity index (χ1v) is 6.02. The minimum Gasteiger partial charge on any atom is -0.384 e. The zero-order valence-electron chi connectivity index (χ0n) is 11.4. The summed E-state index contributed by atoms with van der Waals surface area (Å²) in [5.74, 6) is 4.99. The van der Waals surface area contributed by atoms with Crippen molar-refractivity contribution in [3.8, 4) is 0 Å². The molecule has 0 bridgehead atoms. The Morgan fingerprint density at radius 3 is 2.80 bits per heavy atom. The number of amides is 1. The van der Waals surface area contributed by atoms with Crippen molar-refractivity contribution in [1.82, 2.24) is 5.32 Å². The van der Waals surface area contributed by atoms with E-state index in [0.29, 0.717) is 13.2 Å². The van der Waals surface area contributed by atoms with Gasteiger partial charge in [0.05, 0.1) is 17.1 Å². The largest absolute Gasteiger partial charge is 0.384 e. The molecule has 0 spiro atoms. The first-order chi connectivity index (χ1) is 9.51. The minimum atomic E-state index is -0.598. The van der Waals surface area contributed by atoms with E-state index in [9.17, 15) is 14.9 Å². The summed E-state index contributed by atoms with van der Waals surface area (Å²) < 4.78 is 4.96. The average molecular weight is 282 g/mol. The molecule has 0 fully saturated rings. The number of nitrogens with one attached hydrogen (secondary N) is 2. The SMILES string of the molecule is COCC(C)CNC(=O)c1cccc([N+](=O)[O-])c1NN. The summed E-state index contributed by atoms with van der Waals surface area (Å²) in [7, 11) is 1.58. The number of nitro benzene ring substituents is 1. The summed E-state index contributed by atoms with van der Waals surface area (Å²) in [6, 6.07) is 4.19. The number of hydrogen-bond acceptors (Lipinski definition) is 6.